The molecule has 0 saturated carbocycles. The van der Waals surface area contributed by atoms with E-state index in [1.807, 2.05) is 30.3 Å². The minimum absolute atomic E-state index is 0.171. The van der Waals surface area contributed by atoms with Gasteiger partial charge in [-0.05, 0) is 43.3 Å². The summed E-state index contributed by atoms with van der Waals surface area (Å²) in [5.74, 6) is 0.171. The minimum Gasteiger partial charge on any atom is -0.492 e. The molecule has 0 aliphatic heterocycles. The number of hydrogen-bond donors (Lipinski definition) is 1. The summed E-state index contributed by atoms with van der Waals surface area (Å²) in [5, 5.41) is 7.46. The van der Waals surface area contributed by atoms with Gasteiger partial charge >= 0.3 is 0 Å². The van der Waals surface area contributed by atoms with Crippen LogP contribution >= 0.6 is 11.6 Å². The number of benzene rings is 2. The first kappa shape index (κ1) is 18.7. The van der Waals surface area contributed by atoms with Crippen LogP contribution in [-0.2, 0) is 0 Å². The predicted molar refractivity (Wildman–Crippen MR) is 104 cm³/mol. The van der Waals surface area contributed by atoms with Crippen LogP contribution in [0.3, 0.4) is 0 Å². The average molecular weight is 384 g/mol. The first-order valence-corrected chi connectivity index (χ1v) is 8.75. The van der Waals surface area contributed by atoms with Gasteiger partial charge in [-0.25, -0.2) is 4.68 Å². The number of ether oxygens (including phenoxy) is 1. The molecule has 2 aromatic carbocycles. The molecule has 0 bridgehead atoms. The number of halogens is 1. The number of amides is 1. The number of nitrogens with zero attached hydrogens (tertiary/aromatic N) is 2. The van der Waals surface area contributed by atoms with E-state index in [0.717, 1.165) is 0 Å². The first-order chi connectivity index (χ1) is 13.0. The molecule has 1 amide bonds. The molecule has 138 valence electrons. The Hall–Kier alpha value is -3.12. The minimum atomic E-state index is -0.542. The van der Waals surface area contributed by atoms with E-state index in [-0.39, 0.29) is 18.8 Å². The van der Waals surface area contributed by atoms with Crippen LogP contribution in [0.4, 0.5) is 0 Å². The summed E-state index contributed by atoms with van der Waals surface area (Å²) >= 11 is 5.91. The van der Waals surface area contributed by atoms with Crippen molar-refractivity contribution in [2.75, 3.05) is 13.2 Å². The molecule has 7 heteroatoms. The van der Waals surface area contributed by atoms with E-state index in [1.165, 1.54) is 10.7 Å². The fourth-order valence-electron chi connectivity index (χ4n) is 2.48. The second-order valence-electron chi connectivity index (χ2n) is 5.80. The Bertz CT molecular complexity index is 986. The summed E-state index contributed by atoms with van der Waals surface area (Å²) in [5.41, 5.74) is 0.721. The maximum absolute atomic E-state index is 12.4. The molecule has 1 aromatic heterocycles. The predicted octanol–water partition coefficient (Wildman–Crippen LogP) is 3.00. The number of carbonyl (C=O) groups excluding carboxylic acids is 1. The molecule has 0 atom stereocenters. The number of para-hydroxylation sites is 1. The molecule has 0 radical (unpaired) electrons. The normalized spacial score (nSPS) is 10.4. The van der Waals surface area contributed by atoms with Crippen molar-refractivity contribution in [2.24, 2.45) is 0 Å². The van der Waals surface area contributed by atoms with Gasteiger partial charge in [0.1, 0.15) is 12.4 Å². The highest BCUT2D eigenvalue weighted by molar-refractivity contribution is 6.30. The number of aromatic nitrogens is 2. The topological polar surface area (TPSA) is 73.2 Å². The van der Waals surface area contributed by atoms with E-state index in [0.29, 0.717) is 22.2 Å². The molecular weight excluding hydrogens is 366 g/mol. The zero-order valence-corrected chi connectivity index (χ0v) is 15.4. The lowest BCUT2D eigenvalue weighted by molar-refractivity contribution is 0.0939. The van der Waals surface area contributed by atoms with Gasteiger partial charge < -0.3 is 10.1 Å². The van der Waals surface area contributed by atoms with Gasteiger partial charge in [0.25, 0.3) is 5.91 Å². The highest BCUT2D eigenvalue weighted by Crippen LogP contribution is 2.13. The summed E-state index contributed by atoms with van der Waals surface area (Å²) in [4.78, 5) is 24.5. The van der Waals surface area contributed by atoms with Crippen LogP contribution in [0.5, 0.6) is 5.75 Å². The third-order valence-electron chi connectivity index (χ3n) is 3.79. The van der Waals surface area contributed by atoms with E-state index in [2.05, 4.69) is 10.4 Å². The number of nitrogens with one attached hydrogen (secondary N) is 1. The van der Waals surface area contributed by atoms with E-state index >= 15 is 0 Å². The molecule has 3 rings (SSSR count). The summed E-state index contributed by atoms with van der Waals surface area (Å²) in [6, 6.07) is 17.6. The smallest absolute Gasteiger partial charge is 0.275 e. The Labute approximate surface area is 161 Å². The summed E-state index contributed by atoms with van der Waals surface area (Å²) in [7, 11) is 0. The van der Waals surface area contributed by atoms with Gasteiger partial charge in [0, 0.05) is 16.8 Å². The van der Waals surface area contributed by atoms with Crippen molar-refractivity contribution in [3.05, 3.63) is 87.3 Å². The second kappa shape index (κ2) is 8.51. The quantitative estimate of drug-likeness (QED) is 0.664. The van der Waals surface area contributed by atoms with Crippen molar-refractivity contribution in [1.29, 1.82) is 0 Å². The van der Waals surface area contributed by atoms with Gasteiger partial charge in [-0.2, -0.15) is 5.10 Å². The Balaban J connectivity index is 1.69. The fourth-order valence-corrected chi connectivity index (χ4v) is 2.61. The van der Waals surface area contributed by atoms with Crippen molar-refractivity contribution in [3.8, 4) is 11.4 Å². The van der Waals surface area contributed by atoms with Crippen molar-refractivity contribution in [2.45, 2.75) is 6.92 Å². The monoisotopic (exact) mass is 383 g/mol. The largest absolute Gasteiger partial charge is 0.492 e. The Kier molecular flexibility index (Phi) is 5.88. The summed E-state index contributed by atoms with van der Waals surface area (Å²) in [6.07, 6.45) is 0. The maximum atomic E-state index is 12.4. The lowest BCUT2D eigenvalue weighted by Crippen LogP contribution is -2.34. The van der Waals surface area contributed by atoms with Crippen LogP contribution in [0.25, 0.3) is 5.69 Å². The van der Waals surface area contributed by atoms with Crippen molar-refractivity contribution in [3.63, 3.8) is 0 Å². The summed E-state index contributed by atoms with van der Waals surface area (Å²) < 4.78 is 7.05. The van der Waals surface area contributed by atoms with E-state index in [9.17, 15) is 9.59 Å². The standard InChI is InChI=1S/C20H18ClN3O3/c1-14-13-18(25)19(23-24(14)16-9-7-15(21)8-10-16)20(26)22-11-12-27-17-5-3-2-4-6-17/h2-10,13H,11-12H2,1H3,(H,22,26). The van der Waals surface area contributed by atoms with Crippen LogP contribution in [-0.4, -0.2) is 28.8 Å². The molecule has 0 saturated heterocycles. The average Bonchev–Trinajstić information content (AvgIpc) is 2.67. The van der Waals surface area contributed by atoms with Crippen molar-refractivity contribution < 1.29 is 9.53 Å². The van der Waals surface area contributed by atoms with Crippen molar-refractivity contribution in [1.82, 2.24) is 15.1 Å². The van der Waals surface area contributed by atoms with Crippen LogP contribution in [0, 0.1) is 6.92 Å². The molecule has 0 aliphatic carbocycles. The maximum Gasteiger partial charge on any atom is 0.275 e. The Morgan fingerprint density at radius 2 is 1.85 bits per heavy atom. The van der Waals surface area contributed by atoms with Crippen LogP contribution < -0.4 is 15.5 Å². The van der Waals surface area contributed by atoms with E-state index in [1.54, 1.807) is 31.2 Å². The zero-order valence-electron chi connectivity index (χ0n) is 14.7. The van der Waals surface area contributed by atoms with E-state index < -0.39 is 11.3 Å². The first-order valence-electron chi connectivity index (χ1n) is 8.37. The Morgan fingerprint density at radius 1 is 1.15 bits per heavy atom. The molecule has 0 spiro atoms. The number of rotatable bonds is 6. The third kappa shape index (κ3) is 4.74. The van der Waals surface area contributed by atoms with Gasteiger partial charge in [0.2, 0.25) is 5.43 Å². The molecule has 6 nitrogen and oxygen atoms in total. The van der Waals surface area contributed by atoms with Gasteiger partial charge in [0.05, 0.1) is 12.2 Å². The zero-order chi connectivity index (χ0) is 19.2. The highest BCUT2D eigenvalue weighted by Gasteiger charge is 2.15. The molecule has 0 aliphatic rings. The van der Waals surface area contributed by atoms with Gasteiger partial charge in [0.15, 0.2) is 5.69 Å². The molecule has 1 heterocycles. The van der Waals surface area contributed by atoms with Crippen LogP contribution in [0.1, 0.15) is 16.2 Å². The fraction of sp³-hybridized carbons (Fsp3) is 0.150. The molecule has 0 unspecified atom stereocenters. The number of aryl methyl sites for hydroxylation is 1. The van der Waals surface area contributed by atoms with Crippen LogP contribution in [0.2, 0.25) is 5.02 Å². The van der Waals surface area contributed by atoms with Gasteiger partial charge in [-0.15, -0.1) is 0 Å². The number of hydrogen-bond acceptors (Lipinski definition) is 4. The SMILES string of the molecule is Cc1cc(=O)c(C(=O)NCCOc2ccccc2)nn1-c1ccc(Cl)cc1. The number of carbonyl (C=O) groups is 1. The third-order valence-corrected chi connectivity index (χ3v) is 4.05. The van der Waals surface area contributed by atoms with Crippen LogP contribution in [0.15, 0.2) is 65.5 Å². The summed E-state index contributed by atoms with van der Waals surface area (Å²) in [6.45, 7) is 2.29. The lowest BCUT2D eigenvalue weighted by Gasteiger charge is -2.12. The van der Waals surface area contributed by atoms with Crippen molar-refractivity contribution >= 4 is 17.5 Å². The van der Waals surface area contributed by atoms with E-state index in [4.69, 9.17) is 16.3 Å². The second-order valence-corrected chi connectivity index (χ2v) is 6.24. The van der Waals surface area contributed by atoms with Gasteiger partial charge in [-0.1, -0.05) is 29.8 Å². The highest BCUT2D eigenvalue weighted by atomic mass is 35.5. The molecule has 27 heavy (non-hydrogen) atoms. The van der Waals surface area contributed by atoms with Gasteiger partial charge in [-0.3, -0.25) is 9.59 Å². The Morgan fingerprint density at radius 3 is 2.56 bits per heavy atom. The molecule has 1 N–H and O–H groups in total. The lowest BCUT2D eigenvalue weighted by atomic mass is 10.2. The molecule has 0 fully saturated rings. The molecule has 3 aromatic rings. The molecular formula is C20H18ClN3O3.